The largest absolute Gasteiger partial charge is 0.365 e. The van der Waals surface area contributed by atoms with Crippen LogP contribution in [-0.4, -0.2) is 31.2 Å². The maximum atomic E-state index is 5.37. The molecule has 3 nitrogen and oxygen atoms in total. The Bertz CT molecular complexity index is 111. The van der Waals surface area contributed by atoms with E-state index in [0.29, 0.717) is 0 Å². The average Bonchev–Trinajstić information content (AvgIpc) is 2.03. The smallest absolute Gasteiger partial charge is 0.0678 e. The van der Waals surface area contributed by atoms with Gasteiger partial charge in [-0.3, -0.25) is 5.32 Å². The second-order valence-electron chi connectivity index (χ2n) is 2.45. The molecule has 0 amide bonds. The minimum atomic E-state index is 0.782. The molecule has 1 heterocycles. The van der Waals surface area contributed by atoms with E-state index in [0.717, 1.165) is 32.7 Å². The summed E-state index contributed by atoms with van der Waals surface area (Å²) in [4.78, 5) is 2.23. The third kappa shape index (κ3) is 2.37. The van der Waals surface area contributed by atoms with Gasteiger partial charge in [0, 0.05) is 13.1 Å². The number of hydrogen-bond acceptors (Lipinski definition) is 3. The lowest BCUT2D eigenvalue weighted by molar-refractivity contribution is 0.332. The summed E-state index contributed by atoms with van der Waals surface area (Å²) in [5.74, 6) is 0. The summed E-state index contributed by atoms with van der Waals surface area (Å²) < 4.78 is 0. The van der Waals surface area contributed by atoms with Gasteiger partial charge < -0.3 is 10.6 Å². The molecule has 0 fully saturated rings. The third-order valence-corrected chi connectivity index (χ3v) is 1.54. The molecule has 0 unspecified atom stereocenters. The first-order valence-electron chi connectivity index (χ1n) is 3.75. The summed E-state index contributed by atoms with van der Waals surface area (Å²) in [5.41, 5.74) is 5.37. The monoisotopic (exact) mass is 141 g/mol. The lowest BCUT2D eigenvalue weighted by atomic mass is 10.4. The summed E-state index contributed by atoms with van der Waals surface area (Å²) in [5, 5.41) is 3.24. The van der Waals surface area contributed by atoms with Gasteiger partial charge in [-0.15, -0.1) is 0 Å². The van der Waals surface area contributed by atoms with Crippen molar-refractivity contribution in [3.8, 4) is 0 Å². The molecule has 0 aliphatic carbocycles. The molecular formula is C7H15N3. The zero-order valence-corrected chi connectivity index (χ0v) is 6.21. The van der Waals surface area contributed by atoms with Crippen molar-refractivity contribution in [1.29, 1.82) is 0 Å². The van der Waals surface area contributed by atoms with Crippen LogP contribution in [0.1, 0.15) is 6.42 Å². The van der Waals surface area contributed by atoms with Gasteiger partial charge in [-0.05, 0) is 19.2 Å². The van der Waals surface area contributed by atoms with Gasteiger partial charge >= 0.3 is 0 Å². The molecule has 3 N–H and O–H groups in total. The van der Waals surface area contributed by atoms with Crippen molar-refractivity contribution in [3.63, 3.8) is 0 Å². The minimum absolute atomic E-state index is 0.782. The van der Waals surface area contributed by atoms with Crippen molar-refractivity contribution >= 4 is 0 Å². The Hall–Kier alpha value is -0.540. The summed E-state index contributed by atoms with van der Waals surface area (Å²) in [7, 11) is 0. The van der Waals surface area contributed by atoms with Gasteiger partial charge in [0.15, 0.2) is 0 Å². The first-order chi connectivity index (χ1) is 4.93. The maximum Gasteiger partial charge on any atom is 0.0678 e. The fraction of sp³-hybridized carbons (Fsp3) is 0.714. The Morgan fingerprint density at radius 3 is 3.10 bits per heavy atom. The van der Waals surface area contributed by atoms with Crippen LogP contribution in [0, 0.1) is 0 Å². The Morgan fingerprint density at radius 1 is 1.60 bits per heavy atom. The molecule has 1 aliphatic rings. The Kier molecular flexibility index (Phi) is 3.26. The van der Waals surface area contributed by atoms with E-state index in [1.165, 1.54) is 0 Å². The van der Waals surface area contributed by atoms with Crippen LogP contribution in [0.4, 0.5) is 0 Å². The molecule has 58 valence electrons. The van der Waals surface area contributed by atoms with Crippen molar-refractivity contribution in [2.24, 2.45) is 5.73 Å². The summed E-state index contributed by atoms with van der Waals surface area (Å²) in [6.07, 6.45) is 5.33. The van der Waals surface area contributed by atoms with Crippen LogP contribution in [0.15, 0.2) is 12.3 Å². The maximum absolute atomic E-state index is 5.37. The summed E-state index contributed by atoms with van der Waals surface area (Å²) >= 11 is 0. The van der Waals surface area contributed by atoms with E-state index in [2.05, 4.69) is 22.5 Å². The van der Waals surface area contributed by atoms with Crippen LogP contribution in [0.5, 0.6) is 0 Å². The molecule has 10 heavy (non-hydrogen) atoms. The van der Waals surface area contributed by atoms with Crippen LogP contribution in [0.2, 0.25) is 0 Å². The zero-order valence-electron chi connectivity index (χ0n) is 6.21. The molecule has 0 saturated heterocycles. The van der Waals surface area contributed by atoms with Gasteiger partial charge in [-0.25, -0.2) is 0 Å². The fourth-order valence-electron chi connectivity index (χ4n) is 0.994. The molecule has 1 rings (SSSR count). The first kappa shape index (κ1) is 7.57. The highest BCUT2D eigenvalue weighted by molar-refractivity contribution is 4.88. The number of rotatable bonds is 3. The summed E-state index contributed by atoms with van der Waals surface area (Å²) in [6, 6.07) is 0. The lowest BCUT2D eigenvalue weighted by Gasteiger charge is -2.23. The van der Waals surface area contributed by atoms with Crippen molar-refractivity contribution < 1.29 is 0 Å². The predicted molar refractivity (Wildman–Crippen MR) is 42.4 cm³/mol. The second kappa shape index (κ2) is 4.30. The lowest BCUT2D eigenvalue weighted by Crippen LogP contribution is -2.35. The highest BCUT2D eigenvalue weighted by Gasteiger charge is 1.99. The van der Waals surface area contributed by atoms with Gasteiger partial charge in [-0.2, -0.15) is 0 Å². The normalized spacial score (nSPS) is 17.9. The molecule has 0 aromatic heterocycles. The molecule has 0 aromatic rings. The fourth-order valence-corrected chi connectivity index (χ4v) is 0.994. The van der Waals surface area contributed by atoms with Crippen LogP contribution >= 0.6 is 0 Å². The van der Waals surface area contributed by atoms with E-state index >= 15 is 0 Å². The molecule has 3 heteroatoms. The van der Waals surface area contributed by atoms with Crippen LogP contribution in [-0.2, 0) is 0 Å². The van der Waals surface area contributed by atoms with Crippen LogP contribution in [0.3, 0.4) is 0 Å². The van der Waals surface area contributed by atoms with Gasteiger partial charge in [-0.1, -0.05) is 6.08 Å². The molecule has 0 saturated carbocycles. The van der Waals surface area contributed by atoms with Crippen molar-refractivity contribution in [2.45, 2.75) is 6.42 Å². The molecule has 0 spiro atoms. The Balaban J connectivity index is 2.13. The second-order valence-corrected chi connectivity index (χ2v) is 2.45. The minimum Gasteiger partial charge on any atom is -0.365 e. The third-order valence-electron chi connectivity index (χ3n) is 1.54. The number of hydrogen-bond donors (Lipinski definition) is 2. The van der Waals surface area contributed by atoms with Gasteiger partial charge in [0.1, 0.15) is 0 Å². The average molecular weight is 141 g/mol. The van der Waals surface area contributed by atoms with Crippen molar-refractivity contribution in [1.82, 2.24) is 10.2 Å². The summed E-state index contributed by atoms with van der Waals surface area (Å²) in [6.45, 7) is 3.82. The highest BCUT2D eigenvalue weighted by Crippen LogP contribution is 1.93. The van der Waals surface area contributed by atoms with E-state index in [1.54, 1.807) is 0 Å². The first-order valence-corrected chi connectivity index (χ1v) is 3.75. The van der Waals surface area contributed by atoms with E-state index < -0.39 is 0 Å². The predicted octanol–water partition coefficient (Wildman–Crippen LogP) is -0.288. The molecule has 0 aromatic carbocycles. The number of nitrogens with two attached hydrogens (primary N) is 1. The van der Waals surface area contributed by atoms with Crippen LogP contribution < -0.4 is 11.1 Å². The quantitative estimate of drug-likeness (QED) is 0.567. The van der Waals surface area contributed by atoms with Crippen molar-refractivity contribution in [2.75, 3.05) is 26.3 Å². The van der Waals surface area contributed by atoms with Crippen LogP contribution in [0.25, 0.3) is 0 Å². The Labute approximate surface area is 61.9 Å². The topological polar surface area (TPSA) is 41.3 Å². The number of nitrogens with zero attached hydrogens (tertiary/aromatic N) is 1. The van der Waals surface area contributed by atoms with Crippen molar-refractivity contribution in [3.05, 3.63) is 12.3 Å². The van der Waals surface area contributed by atoms with Gasteiger partial charge in [0.05, 0.1) is 6.67 Å². The molecule has 1 aliphatic heterocycles. The van der Waals surface area contributed by atoms with Gasteiger partial charge in [0.25, 0.3) is 0 Å². The molecule has 0 atom stereocenters. The number of nitrogens with one attached hydrogen (secondary N) is 1. The molecule has 0 radical (unpaired) electrons. The van der Waals surface area contributed by atoms with E-state index in [4.69, 9.17) is 5.73 Å². The molecular weight excluding hydrogens is 126 g/mol. The van der Waals surface area contributed by atoms with E-state index in [-0.39, 0.29) is 0 Å². The SMILES string of the molecule is NCCCN1C=CCNC1. The van der Waals surface area contributed by atoms with E-state index in [9.17, 15) is 0 Å². The Morgan fingerprint density at radius 2 is 2.50 bits per heavy atom. The molecule has 0 bridgehead atoms. The zero-order chi connectivity index (χ0) is 7.23. The standard InChI is InChI=1S/C7H15N3/c8-3-1-5-10-6-2-4-9-7-10/h2,6,9H,1,3-5,7-8H2. The van der Waals surface area contributed by atoms with E-state index in [1.807, 2.05) is 0 Å². The highest BCUT2D eigenvalue weighted by atomic mass is 15.2. The van der Waals surface area contributed by atoms with Gasteiger partial charge in [0.2, 0.25) is 0 Å².